The number of nitrogens with zero attached hydrogens (tertiary/aromatic N) is 3. The number of hydrogen-bond acceptors (Lipinski definition) is 3. The van der Waals surface area contributed by atoms with Crippen LogP contribution in [0.1, 0.15) is 5.56 Å². The predicted molar refractivity (Wildman–Crippen MR) is 108 cm³/mol. The molecule has 0 aliphatic heterocycles. The minimum Gasteiger partial charge on any atom is -0.250 e. The number of nitrogens with one attached hydrogen (secondary N) is 1. The van der Waals surface area contributed by atoms with Crippen LogP contribution in [-0.4, -0.2) is 21.1 Å². The van der Waals surface area contributed by atoms with Crippen molar-refractivity contribution >= 4 is 18.4 Å². The lowest BCUT2D eigenvalue weighted by Gasteiger charge is -2.03. The van der Waals surface area contributed by atoms with Gasteiger partial charge in [-0.05, 0) is 53.2 Å². The number of benzene rings is 3. The summed E-state index contributed by atoms with van der Waals surface area (Å²) in [5.41, 5.74) is 3.96. The van der Waals surface area contributed by atoms with Crippen LogP contribution in [0.5, 0.6) is 0 Å². The number of halogens is 1. The topological polar surface area (TPSA) is 46.0 Å². The first-order valence-corrected chi connectivity index (χ1v) is 8.75. The van der Waals surface area contributed by atoms with Crippen molar-refractivity contribution < 1.29 is 4.39 Å². The van der Waals surface area contributed by atoms with Gasteiger partial charge in [-0.25, -0.2) is 9.49 Å². The molecule has 0 radical (unpaired) electrons. The van der Waals surface area contributed by atoms with Gasteiger partial charge in [-0.15, -0.1) is 0 Å². The number of aromatic amines is 1. The summed E-state index contributed by atoms with van der Waals surface area (Å²) < 4.78 is 15.0. The van der Waals surface area contributed by atoms with Gasteiger partial charge in [0.25, 0.3) is 0 Å². The molecule has 4 aromatic rings. The van der Waals surface area contributed by atoms with Crippen LogP contribution in [0.3, 0.4) is 0 Å². The third-order valence-electron chi connectivity index (χ3n) is 4.09. The monoisotopic (exact) mass is 374 g/mol. The Morgan fingerprint density at radius 1 is 0.852 bits per heavy atom. The molecule has 4 rings (SSSR count). The number of H-pyrrole nitrogens is 1. The summed E-state index contributed by atoms with van der Waals surface area (Å²) in [5.74, 6) is 0.221. The normalized spacial score (nSPS) is 11.1. The summed E-state index contributed by atoms with van der Waals surface area (Å²) in [6.07, 6.45) is 1.72. The van der Waals surface area contributed by atoms with Crippen LogP contribution in [0.15, 0.2) is 84.0 Å². The Bertz CT molecular complexity index is 1130. The Balaban J connectivity index is 1.61. The van der Waals surface area contributed by atoms with E-state index < -0.39 is 0 Å². The van der Waals surface area contributed by atoms with E-state index in [1.807, 2.05) is 42.5 Å². The van der Waals surface area contributed by atoms with E-state index in [0.717, 1.165) is 22.3 Å². The molecule has 0 aliphatic carbocycles. The Labute approximate surface area is 160 Å². The van der Waals surface area contributed by atoms with Crippen molar-refractivity contribution in [3.8, 4) is 22.5 Å². The molecule has 0 spiro atoms. The Morgan fingerprint density at radius 2 is 1.48 bits per heavy atom. The SMILES string of the molecule is Fc1ccc(-c2n[nH]c(=S)n2/N=C\c2ccc(-c3ccccc3)cc2)cc1. The average Bonchev–Trinajstić information content (AvgIpc) is 3.08. The molecule has 0 atom stereocenters. The second-order valence-electron chi connectivity index (χ2n) is 5.90. The lowest BCUT2D eigenvalue weighted by atomic mass is 10.0. The fraction of sp³-hybridized carbons (Fsp3) is 0. The van der Waals surface area contributed by atoms with Crippen molar-refractivity contribution in [2.24, 2.45) is 5.10 Å². The molecule has 0 saturated carbocycles. The van der Waals surface area contributed by atoms with Crippen molar-refractivity contribution in [1.82, 2.24) is 14.9 Å². The van der Waals surface area contributed by atoms with E-state index in [-0.39, 0.29) is 5.82 Å². The number of hydrogen-bond donors (Lipinski definition) is 1. The maximum absolute atomic E-state index is 13.1. The van der Waals surface area contributed by atoms with E-state index in [1.165, 1.54) is 16.8 Å². The van der Waals surface area contributed by atoms with E-state index in [1.54, 1.807) is 18.3 Å². The summed E-state index contributed by atoms with van der Waals surface area (Å²) in [7, 11) is 0. The highest BCUT2D eigenvalue weighted by atomic mass is 32.1. The molecule has 1 heterocycles. The molecule has 27 heavy (non-hydrogen) atoms. The number of rotatable bonds is 4. The van der Waals surface area contributed by atoms with Gasteiger partial charge in [0.05, 0.1) is 6.21 Å². The summed E-state index contributed by atoms with van der Waals surface area (Å²) in [6.45, 7) is 0. The predicted octanol–water partition coefficient (Wildman–Crippen LogP) is 5.30. The van der Waals surface area contributed by atoms with Crippen LogP contribution in [0.4, 0.5) is 4.39 Å². The third-order valence-corrected chi connectivity index (χ3v) is 4.36. The second-order valence-corrected chi connectivity index (χ2v) is 6.29. The molecule has 0 amide bonds. The minimum absolute atomic E-state index is 0.304. The molecule has 1 N–H and O–H groups in total. The first-order chi connectivity index (χ1) is 13.2. The molecule has 1 aromatic heterocycles. The molecule has 0 unspecified atom stereocenters. The van der Waals surface area contributed by atoms with E-state index >= 15 is 0 Å². The summed E-state index contributed by atoms with van der Waals surface area (Å²) in [5, 5.41) is 11.4. The van der Waals surface area contributed by atoms with Gasteiger partial charge in [0, 0.05) is 5.56 Å². The van der Waals surface area contributed by atoms with Gasteiger partial charge in [0.2, 0.25) is 4.77 Å². The summed E-state index contributed by atoms with van der Waals surface area (Å²) in [6, 6.07) is 24.3. The zero-order valence-corrected chi connectivity index (χ0v) is 15.0. The third kappa shape index (κ3) is 3.75. The van der Waals surface area contributed by atoms with Gasteiger partial charge in [-0.1, -0.05) is 54.6 Å². The largest absolute Gasteiger partial charge is 0.250 e. The number of aromatic nitrogens is 3. The Morgan fingerprint density at radius 3 is 2.19 bits per heavy atom. The highest BCUT2D eigenvalue weighted by molar-refractivity contribution is 7.71. The van der Waals surface area contributed by atoms with Crippen molar-refractivity contribution in [1.29, 1.82) is 0 Å². The fourth-order valence-electron chi connectivity index (χ4n) is 2.70. The first-order valence-electron chi connectivity index (χ1n) is 8.34. The van der Waals surface area contributed by atoms with Gasteiger partial charge in [0.1, 0.15) is 5.82 Å². The molecule has 0 saturated heterocycles. The van der Waals surface area contributed by atoms with Crippen LogP contribution in [0.25, 0.3) is 22.5 Å². The van der Waals surface area contributed by atoms with Crippen molar-refractivity contribution in [2.75, 3.05) is 0 Å². The van der Waals surface area contributed by atoms with Gasteiger partial charge < -0.3 is 0 Å². The van der Waals surface area contributed by atoms with Crippen LogP contribution < -0.4 is 0 Å². The Hall–Kier alpha value is -3.38. The highest BCUT2D eigenvalue weighted by Crippen LogP contribution is 2.20. The van der Waals surface area contributed by atoms with Crippen molar-refractivity contribution in [3.05, 3.63) is 95.0 Å². The van der Waals surface area contributed by atoms with E-state index in [2.05, 4.69) is 27.4 Å². The molecule has 6 heteroatoms. The van der Waals surface area contributed by atoms with E-state index in [4.69, 9.17) is 12.2 Å². The van der Waals surface area contributed by atoms with Crippen molar-refractivity contribution in [2.45, 2.75) is 0 Å². The van der Waals surface area contributed by atoms with Crippen LogP contribution in [-0.2, 0) is 0 Å². The first kappa shape index (κ1) is 17.1. The molecule has 3 aromatic carbocycles. The molecule has 0 aliphatic rings. The summed E-state index contributed by atoms with van der Waals surface area (Å²) >= 11 is 5.26. The van der Waals surface area contributed by atoms with Crippen LogP contribution in [0.2, 0.25) is 0 Å². The van der Waals surface area contributed by atoms with Crippen LogP contribution in [0, 0.1) is 10.6 Å². The quantitative estimate of drug-likeness (QED) is 0.389. The van der Waals surface area contributed by atoms with Gasteiger partial charge in [-0.2, -0.15) is 14.9 Å². The lowest BCUT2D eigenvalue weighted by Crippen LogP contribution is -1.95. The zero-order valence-electron chi connectivity index (χ0n) is 14.2. The second kappa shape index (κ2) is 7.47. The summed E-state index contributed by atoms with van der Waals surface area (Å²) in [4.78, 5) is 0. The lowest BCUT2D eigenvalue weighted by molar-refractivity contribution is 0.628. The van der Waals surface area contributed by atoms with Crippen LogP contribution >= 0.6 is 12.2 Å². The van der Waals surface area contributed by atoms with E-state index in [0.29, 0.717) is 10.6 Å². The molecule has 0 fully saturated rings. The van der Waals surface area contributed by atoms with Crippen molar-refractivity contribution in [3.63, 3.8) is 0 Å². The van der Waals surface area contributed by atoms with E-state index in [9.17, 15) is 4.39 Å². The fourth-order valence-corrected chi connectivity index (χ4v) is 2.88. The molecule has 0 bridgehead atoms. The maximum Gasteiger partial charge on any atom is 0.216 e. The highest BCUT2D eigenvalue weighted by Gasteiger charge is 2.08. The maximum atomic E-state index is 13.1. The molecule has 4 nitrogen and oxygen atoms in total. The Kier molecular flexibility index (Phi) is 4.72. The molecular weight excluding hydrogens is 359 g/mol. The average molecular weight is 374 g/mol. The molecule has 132 valence electrons. The van der Waals surface area contributed by atoms with Gasteiger partial charge in [0.15, 0.2) is 5.82 Å². The standard InChI is InChI=1S/C21H15FN4S/c22-19-12-10-18(11-13-19)20-24-25-21(27)26(20)23-14-15-6-8-17(9-7-15)16-4-2-1-3-5-16/h1-14H,(H,25,27)/b23-14-. The zero-order chi connectivity index (χ0) is 18.6. The smallest absolute Gasteiger partial charge is 0.216 e. The van der Waals surface area contributed by atoms with Gasteiger partial charge >= 0.3 is 0 Å². The minimum atomic E-state index is -0.304. The van der Waals surface area contributed by atoms with Gasteiger partial charge in [-0.3, -0.25) is 0 Å². The molecular formula is C21H15FN4S.